The number of anilines is 1. The van der Waals surface area contributed by atoms with E-state index in [1.165, 1.54) is 5.56 Å². The maximum absolute atomic E-state index is 12.9. The highest BCUT2D eigenvalue weighted by molar-refractivity contribution is 6.07. The summed E-state index contributed by atoms with van der Waals surface area (Å²) >= 11 is 0. The summed E-state index contributed by atoms with van der Waals surface area (Å²) in [6.45, 7) is 3.20. The number of nitrogens with zero attached hydrogens (tertiary/aromatic N) is 1. The van der Waals surface area contributed by atoms with Crippen LogP contribution < -0.4 is 10.2 Å². The van der Waals surface area contributed by atoms with Crippen LogP contribution in [0, 0.1) is 6.92 Å². The van der Waals surface area contributed by atoms with Gasteiger partial charge in [-0.25, -0.2) is 0 Å². The molecule has 1 N–H and O–H groups in total. The van der Waals surface area contributed by atoms with Crippen molar-refractivity contribution in [3.8, 4) is 0 Å². The van der Waals surface area contributed by atoms with E-state index in [2.05, 4.69) is 17.4 Å². The van der Waals surface area contributed by atoms with E-state index in [4.69, 9.17) is 0 Å². The Morgan fingerprint density at radius 2 is 1.68 bits per heavy atom. The molecule has 2 amide bonds. The number of hydrogen-bond donors (Lipinski definition) is 1. The van der Waals surface area contributed by atoms with Crippen molar-refractivity contribution in [1.29, 1.82) is 0 Å². The van der Waals surface area contributed by atoms with Gasteiger partial charge in [0.1, 0.15) is 0 Å². The van der Waals surface area contributed by atoms with E-state index in [0.717, 1.165) is 23.2 Å². The van der Waals surface area contributed by atoms with Crippen LogP contribution in [0.5, 0.6) is 0 Å². The molecule has 0 aliphatic carbocycles. The zero-order chi connectivity index (χ0) is 19.5. The van der Waals surface area contributed by atoms with Crippen molar-refractivity contribution in [3.05, 3.63) is 101 Å². The maximum Gasteiger partial charge on any atom is 0.258 e. The van der Waals surface area contributed by atoms with Crippen LogP contribution in [0.3, 0.4) is 0 Å². The van der Waals surface area contributed by atoms with Gasteiger partial charge >= 0.3 is 0 Å². The number of amides is 2. The third-order valence-corrected chi connectivity index (χ3v) is 5.06. The van der Waals surface area contributed by atoms with Crippen LogP contribution in [0.15, 0.2) is 72.8 Å². The van der Waals surface area contributed by atoms with Gasteiger partial charge in [0.2, 0.25) is 0 Å². The van der Waals surface area contributed by atoms with E-state index in [1.54, 1.807) is 24.3 Å². The highest BCUT2D eigenvalue weighted by Gasteiger charge is 2.25. The summed E-state index contributed by atoms with van der Waals surface area (Å²) in [4.78, 5) is 27.1. The number of carbonyl (C=O) groups is 2. The number of para-hydroxylation sites is 1. The molecule has 28 heavy (non-hydrogen) atoms. The summed E-state index contributed by atoms with van der Waals surface area (Å²) < 4.78 is 0. The second-order valence-corrected chi connectivity index (χ2v) is 7.08. The normalized spacial score (nSPS) is 12.5. The maximum atomic E-state index is 12.9. The monoisotopic (exact) mass is 370 g/mol. The van der Waals surface area contributed by atoms with Crippen molar-refractivity contribution in [2.24, 2.45) is 0 Å². The van der Waals surface area contributed by atoms with Crippen LogP contribution in [0.4, 0.5) is 5.69 Å². The lowest BCUT2D eigenvalue weighted by atomic mass is 10.1. The Labute approximate surface area is 164 Å². The van der Waals surface area contributed by atoms with Gasteiger partial charge in [-0.2, -0.15) is 0 Å². The summed E-state index contributed by atoms with van der Waals surface area (Å²) in [5, 5.41) is 2.92. The molecule has 0 unspecified atom stereocenters. The molecular formula is C24H22N2O2. The number of hydrogen-bond acceptors (Lipinski definition) is 2. The Kier molecular flexibility index (Phi) is 4.94. The second-order valence-electron chi connectivity index (χ2n) is 7.08. The average Bonchev–Trinajstić information content (AvgIpc) is 3.16. The molecule has 0 spiro atoms. The molecule has 3 aromatic carbocycles. The minimum absolute atomic E-state index is 0.0309. The second kappa shape index (κ2) is 7.69. The topological polar surface area (TPSA) is 49.4 Å². The molecule has 0 bridgehead atoms. The van der Waals surface area contributed by atoms with Gasteiger partial charge in [-0.3, -0.25) is 9.59 Å². The predicted molar refractivity (Wildman–Crippen MR) is 111 cm³/mol. The van der Waals surface area contributed by atoms with E-state index in [0.29, 0.717) is 24.2 Å². The summed E-state index contributed by atoms with van der Waals surface area (Å²) in [5.41, 5.74) is 5.54. The number of benzene rings is 3. The van der Waals surface area contributed by atoms with Crippen LogP contribution >= 0.6 is 0 Å². The molecule has 4 nitrogen and oxygen atoms in total. The van der Waals surface area contributed by atoms with Gasteiger partial charge in [0, 0.05) is 29.9 Å². The van der Waals surface area contributed by atoms with Crippen molar-refractivity contribution >= 4 is 17.5 Å². The van der Waals surface area contributed by atoms with E-state index >= 15 is 0 Å². The Hall–Kier alpha value is -3.40. The third kappa shape index (κ3) is 3.67. The van der Waals surface area contributed by atoms with Crippen molar-refractivity contribution in [1.82, 2.24) is 5.32 Å². The molecule has 0 atom stereocenters. The molecule has 3 aromatic rings. The molecule has 1 aliphatic rings. The van der Waals surface area contributed by atoms with Gasteiger partial charge < -0.3 is 10.2 Å². The van der Waals surface area contributed by atoms with Crippen molar-refractivity contribution < 1.29 is 9.59 Å². The van der Waals surface area contributed by atoms with Crippen LogP contribution in [0.2, 0.25) is 0 Å². The Morgan fingerprint density at radius 1 is 0.929 bits per heavy atom. The molecule has 0 radical (unpaired) electrons. The van der Waals surface area contributed by atoms with Crippen LogP contribution in [0.25, 0.3) is 0 Å². The number of aryl methyl sites for hydroxylation is 1. The minimum atomic E-state index is -0.146. The minimum Gasteiger partial charge on any atom is -0.348 e. The van der Waals surface area contributed by atoms with Crippen LogP contribution in [-0.4, -0.2) is 18.4 Å². The Morgan fingerprint density at radius 3 is 2.46 bits per heavy atom. The molecule has 1 aliphatic heterocycles. The summed E-state index contributed by atoms with van der Waals surface area (Å²) in [5.74, 6) is -0.177. The van der Waals surface area contributed by atoms with Gasteiger partial charge in [-0.1, -0.05) is 48.0 Å². The fourth-order valence-electron chi connectivity index (χ4n) is 3.58. The number of rotatable bonds is 4. The first-order chi connectivity index (χ1) is 13.6. The highest BCUT2D eigenvalue weighted by atomic mass is 16.2. The molecule has 0 aromatic heterocycles. The molecule has 0 saturated carbocycles. The lowest BCUT2D eigenvalue weighted by Crippen LogP contribution is -2.29. The molecule has 1 heterocycles. The molecular weight excluding hydrogens is 348 g/mol. The number of carbonyl (C=O) groups excluding carboxylic acids is 2. The van der Waals surface area contributed by atoms with Gasteiger partial charge in [0.05, 0.1) is 0 Å². The predicted octanol–water partition coefficient (Wildman–Crippen LogP) is 4.13. The zero-order valence-corrected chi connectivity index (χ0v) is 15.8. The van der Waals surface area contributed by atoms with Crippen LogP contribution in [0.1, 0.15) is 37.4 Å². The smallest absolute Gasteiger partial charge is 0.258 e. The van der Waals surface area contributed by atoms with Gasteiger partial charge in [-0.15, -0.1) is 0 Å². The van der Waals surface area contributed by atoms with Gasteiger partial charge in [0.25, 0.3) is 11.8 Å². The average molecular weight is 370 g/mol. The third-order valence-electron chi connectivity index (χ3n) is 5.06. The zero-order valence-electron chi connectivity index (χ0n) is 15.8. The molecule has 0 saturated heterocycles. The molecule has 4 rings (SSSR count). The first kappa shape index (κ1) is 18.0. The van der Waals surface area contributed by atoms with Gasteiger partial charge in [0.15, 0.2) is 0 Å². The lowest BCUT2D eigenvalue weighted by Gasteiger charge is -2.17. The fraction of sp³-hybridized carbons (Fsp3) is 0.167. The quantitative estimate of drug-likeness (QED) is 0.751. The summed E-state index contributed by atoms with van der Waals surface area (Å²) in [7, 11) is 0. The Bertz CT molecular complexity index is 1020. The SMILES string of the molecule is Cc1cccc(CNC(=O)c2ccc(C(=O)N3CCc4ccccc43)cc2)c1. The van der Waals surface area contributed by atoms with E-state index < -0.39 is 0 Å². The van der Waals surface area contributed by atoms with Crippen LogP contribution in [-0.2, 0) is 13.0 Å². The summed E-state index contributed by atoms with van der Waals surface area (Å²) in [6, 6.07) is 22.9. The molecule has 0 fully saturated rings. The summed E-state index contributed by atoms with van der Waals surface area (Å²) in [6.07, 6.45) is 0.876. The molecule has 140 valence electrons. The van der Waals surface area contributed by atoms with Gasteiger partial charge in [-0.05, 0) is 54.8 Å². The van der Waals surface area contributed by atoms with E-state index in [1.807, 2.05) is 48.2 Å². The van der Waals surface area contributed by atoms with E-state index in [9.17, 15) is 9.59 Å². The van der Waals surface area contributed by atoms with Crippen molar-refractivity contribution in [2.75, 3.05) is 11.4 Å². The number of fused-ring (bicyclic) bond motifs is 1. The van der Waals surface area contributed by atoms with Crippen molar-refractivity contribution in [3.63, 3.8) is 0 Å². The Balaban J connectivity index is 1.42. The standard InChI is InChI=1S/C24H22N2O2/c1-17-5-4-6-18(15-17)16-25-23(27)20-9-11-21(12-10-20)24(28)26-14-13-19-7-2-3-8-22(19)26/h2-12,15H,13-14,16H2,1H3,(H,25,27). The first-order valence-corrected chi connectivity index (χ1v) is 9.45. The molecule has 4 heteroatoms. The fourth-order valence-corrected chi connectivity index (χ4v) is 3.58. The van der Waals surface area contributed by atoms with E-state index in [-0.39, 0.29) is 11.8 Å². The first-order valence-electron chi connectivity index (χ1n) is 9.45. The number of nitrogens with one attached hydrogen (secondary N) is 1. The highest BCUT2D eigenvalue weighted by Crippen LogP contribution is 2.28. The lowest BCUT2D eigenvalue weighted by molar-refractivity contribution is 0.0947. The largest absolute Gasteiger partial charge is 0.348 e. The van der Waals surface area contributed by atoms with Crippen molar-refractivity contribution in [2.45, 2.75) is 19.9 Å².